The second kappa shape index (κ2) is 6.36. The van der Waals surface area contributed by atoms with Crippen LogP contribution in [0.1, 0.15) is 46.5 Å². The number of hydrogen-bond acceptors (Lipinski definition) is 3. The van der Waals surface area contributed by atoms with Gasteiger partial charge in [-0.25, -0.2) is 0 Å². The third-order valence-corrected chi connectivity index (χ3v) is 5.14. The first kappa shape index (κ1) is 14.3. The normalized spacial score (nSPS) is 34.0. The van der Waals surface area contributed by atoms with Crippen LogP contribution in [0.2, 0.25) is 0 Å². The van der Waals surface area contributed by atoms with Gasteiger partial charge in [-0.05, 0) is 32.2 Å². The molecule has 0 aromatic rings. The molecular formula is C15H31N3. The molecular weight excluding hydrogens is 222 g/mol. The largest absolute Gasteiger partial charge is 0.326 e. The van der Waals surface area contributed by atoms with E-state index in [-0.39, 0.29) is 0 Å². The first-order valence-electron chi connectivity index (χ1n) is 7.85. The maximum absolute atomic E-state index is 6.33. The number of nitrogens with zero attached hydrogens (tertiary/aromatic N) is 2. The van der Waals surface area contributed by atoms with E-state index in [1.165, 1.54) is 45.3 Å². The van der Waals surface area contributed by atoms with Crippen LogP contribution in [0.5, 0.6) is 0 Å². The monoisotopic (exact) mass is 253 g/mol. The van der Waals surface area contributed by atoms with Crippen LogP contribution in [0.4, 0.5) is 0 Å². The van der Waals surface area contributed by atoms with Gasteiger partial charge in [-0.2, -0.15) is 0 Å². The topological polar surface area (TPSA) is 32.5 Å². The molecule has 3 heteroatoms. The molecule has 0 aromatic heterocycles. The summed E-state index contributed by atoms with van der Waals surface area (Å²) in [6.07, 6.45) is 5.40. The lowest BCUT2D eigenvalue weighted by Crippen LogP contribution is -2.60. The number of hydrogen-bond donors (Lipinski definition) is 1. The number of piperazine rings is 1. The molecule has 2 aliphatic rings. The van der Waals surface area contributed by atoms with Crippen LogP contribution < -0.4 is 5.73 Å². The van der Waals surface area contributed by atoms with Crippen LogP contribution in [-0.2, 0) is 0 Å². The SMILES string of the molecule is CCC(C)C(N)CN1CC2CCCCN2CC1C. The molecule has 4 atom stereocenters. The quantitative estimate of drug-likeness (QED) is 0.831. The number of fused-ring (bicyclic) bond motifs is 1. The molecule has 0 saturated carbocycles. The molecule has 2 fully saturated rings. The molecule has 4 unspecified atom stereocenters. The van der Waals surface area contributed by atoms with Crippen molar-refractivity contribution in [2.24, 2.45) is 11.7 Å². The lowest BCUT2D eigenvalue weighted by atomic mass is 9.94. The van der Waals surface area contributed by atoms with Crippen molar-refractivity contribution in [3.8, 4) is 0 Å². The highest BCUT2D eigenvalue weighted by Gasteiger charge is 2.33. The summed E-state index contributed by atoms with van der Waals surface area (Å²) in [6.45, 7) is 11.8. The summed E-state index contributed by atoms with van der Waals surface area (Å²) in [5.74, 6) is 0.640. The minimum Gasteiger partial charge on any atom is -0.326 e. The molecule has 3 nitrogen and oxygen atoms in total. The number of nitrogens with two attached hydrogens (primary N) is 1. The second-order valence-electron chi connectivity index (χ2n) is 6.50. The Morgan fingerprint density at radius 1 is 1.28 bits per heavy atom. The molecule has 0 amide bonds. The van der Waals surface area contributed by atoms with Gasteiger partial charge in [-0.15, -0.1) is 0 Å². The Kier molecular flexibility index (Phi) is 5.05. The third kappa shape index (κ3) is 3.25. The highest BCUT2D eigenvalue weighted by Crippen LogP contribution is 2.24. The van der Waals surface area contributed by atoms with Crippen molar-refractivity contribution in [3.05, 3.63) is 0 Å². The zero-order valence-electron chi connectivity index (χ0n) is 12.4. The van der Waals surface area contributed by atoms with Crippen LogP contribution >= 0.6 is 0 Å². The van der Waals surface area contributed by atoms with Gasteiger partial charge in [0.2, 0.25) is 0 Å². The van der Waals surface area contributed by atoms with E-state index in [9.17, 15) is 0 Å². The lowest BCUT2D eigenvalue weighted by molar-refractivity contribution is 0.0101. The fourth-order valence-corrected chi connectivity index (χ4v) is 3.42. The van der Waals surface area contributed by atoms with Crippen molar-refractivity contribution in [2.45, 2.75) is 64.6 Å². The van der Waals surface area contributed by atoms with Crippen molar-refractivity contribution in [2.75, 3.05) is 26.2 Å². The highest BCUT2D eigenvalue weighted by atomic mass is 15.3. The Bertz CT molecular complexity index is 254. The molecule has 0 bridgehead atoms. The Balaban J connectivity index is 1.88. The predicted molar refractivity (Wildman–Crippen MR) is 77.7 cm³/mol. The summed E-state index contributed by atoms with van der Waals surface area (Å²) in [5.41, 5.74) is 6.33. The lowest BCUT2D eigenvalue weighted by Gasteiger charge is -2.48. The zero-order valence-corrected chi connectivity index (χ0v) is 12.4. The van der Waals surface area contributed by atoms with E-state index in [0.29, 0.717) is 18.0 Å². The molecule has 2 aliphatic heterocycles. The first-order valence-corrected chi connectivity index (χ1v) is 7.85. The van der Waals surface area contributed by atoms with Gasteiger partial charge in [0.15, 0.2) is 0 Å². The molecule has 0 aromatic carbocycles. The predicted octanol–water partition coefficient (Wildman–Crippen LogP) is 1.92. The first-order chi connectivity index (χ1) is 8.61. The van der Waals surface area contributed by atoms with Gasteiger partial charge in [0.05, 0.1) is 0 Å². The molecule has 0 aliphatic carbocycles. The van der Waals surface area contributed by atoms with E-state index in [4.69, 9.17) is 5.73 Å². The van der Waals surface area contributed by atoms with Gasteiger partial charge < -0.3 is 5.73 Å². The summed E-state index contributed by atoms with van der Waals surface area (Å²) >= 11 is 0. The Morgan fingerprint density at radius 2 is 2.06 bits per heavy atom. The molecule has 106 valence electrons. The van der Waals surface area contributed by atoms with Gasteiger partial charge in [-0.1, -0.05) is 26.7 Å². The summed E-state index contributed by atoms with van der Waals surface area (Å²) in [7, 11) is 0. The van der Waals surface area contributed by atoms with E-state index in [0.717, 1.165) is 12.6 Å². The van der Waals surface area contributed by atoms with Crippen LogP contribution in [-0.4, -0.2) is 54.1 Å². The van der Waals surface area contributed by atoms with Crippen molar-refractivity contribution in [3.63, 3.8) is 0 Å². The van der Waals surface area contributed by atoms with Crippen LogP contribution in [0.3, 0.4) is 0 Å². The standard InChI is InChI=1S/C15H31N3/c1-4-12(2)15(16)11-18-10-14-7-5-6-8-17(14)9-13(18)3/h12-15H,4-11,16H2,1-3H3. The van der Waals surface area contributed by atoms with Gasteiger partial charge >= 0.3 is 0 Å². The van der Waals surface area contributed by atoms with Crippen molar-refractivity contribution < 1.29 is 0 Å². The fraction of sp³-hybridized carbons (Fsp3) is 1.00. The number of piperidine rings is 1. The minimum atomic E-state index is 0.340. The van der Waals surface area contributed by atoms with Crippen molar-refractivity contribution in [1.29, 1.82) is 0 Å². The zero-order chi connectivity index (χ0) is 13.1. The molecule has 0 radical (unpaired) electrons. The molecule has 2 saturated heterocycles. The fourth-order valence-electron chi connectivity index (χ4n) is 3.42. The number of rotatable bonds is 4. The molecule has 2 rings (SSSR count). The minimum absolute atomic E-state index is 0.340. The molecule has 0 spiro atoms. The summed E-state index contributed by atoms with van der Waals surface area (Å²) in [4.78, 5) is 5.35. The van der Waals surface area contributed by atoms with Crippen molar-refractivity contribution >= 4 is 0 Å². The Morgan fingerprint density at radius 3 is 2.78 bits per heavy atom. The Labute approximate surface area is 113 Å². The van der Waals surface area contributed by atoms with E-state index < -0.39 is 0 Å². The second-order valence-corrected chi connectivity index (χ2v) is 6.50. The average molecular weight is 253 g/mol. The summed E-state index contributed by atoms with van der Waals surface area (Å²) in [5, 5.41) is 0. The van der Waals surface area contributed by atoms with E-state index >= 15 is 0 Å². The molecule has 2 heterocycles. The highest BCUT2D eigenvalue weighted by molar-refractivity contribution is 4.90. The van der Waals surface area contributed by atoms with Crippen LogP contribution in [0, 0.1) is 5.92 Å². The van der Waals surface area contributed by atoms with Crippen molar-refractivity contribution in [1.82, 2.24) is 9.80 Å². The average Bonchev–Trinajstić information content (AvgIpc) is 2.38. The van der Waals surface area contributed by atoms with Gasteiger partial charge in [-0.3, -0.25) is 9.80 Å². The van der Waals surface area contributed by atoms with E-state index in [1.54, 1.807) is 0 Å². The third-order valence-electron chi connectivity index (χ3n) is 5.14. The van der Waals surface area contributed by atoms with Gasteiger partial charge in [0, 0.05) is 37.8 Å². The van der Waals surface area contributed by atoms with Gasteiger partial charge in [0.25, 0.3) is 0 Å². The molecule has 18 heavy (non-hydrogen) atoms. The smallest absolute Gasteiger partial charge is 0.0223 e. The Hall–Kier alpha value is -0.120. The van der Waals surface area contributed by atoms with E-state index in [1.807, 2.05) is 0 Å². The van der Waals surface area contributed by atoms with Gasteiger partial charge in [0.1, 0.15) is 0 Å². The maximum Gasteiger partial charge on any atom is 0.0223 e. The van der Waals surface area contributed by atoms with Crippen LogP contribution in [0.15, 0.2) is 0 Å². The summed E-state index contributed by atoms with van der Waals surface area (Å²) < 4.78 is 0. The molecule has 2 N–H and O–H groups in total. The van der Waals surface area contributed by atoms with E-state index in [2.05, 4.69) is 30.6 Å². The maximum atomic E-state index is 6.33. The van der Waals surface area contributed by atoms with Crippen LogP contribution in [0.25, 0.3) is 0 Å². The summed E-state index contributed by atoms with van der Waals surface area (Å²) in [6, 6.07) is 1.82.